The first-order valence-corrected chi connectivity index (χ1v) is 11.7. The van der Waals surface area contributed by atoms with Crippen molar-refractivity contribution in [2.45, 2.75) is 6.92 Å². The summed E-state index contributed by atoms with van der Waals surface area (Å²) in [5.41, 5.74) is 2.80. The number of amidine groups is 1. The molecule has 2 aromatic carbocycles. The van der Waals surface area contributed by atoms with E-state index in [-0.39, 0.29) is 5.91 Å². The number of carbonyl (C=O) groups is 1. The van der Waals surface area contributed by atoms with Gasteiger partial charge in [-0.2, -0.15) is 0 Å². The number of nitrogens with zero attached hydrogens (tertiary/aromatic N) is 2. The zero-order chi connectivity index (χ0) is 21.4. The fraction of sp³-hybridized carbons (Fsp3) is 0.0909. The summed E-state index contributed by atoms with van der Waals surface area (Å²) >= 11 is 14.4. The van der Waals surface area contributed by atoms with Gasteiger partial charge in [-0.3, -0.25) is 9.69 Å². The van der Waals surface area contributed by atoms with Gasteiger partial charge in [-0.05, 0) is 82.6 Å². The number of hydrogen-bond donors (Lipinski definition) is 0. The molecule has 0 N–H and O–H groups in total. The zero-order valence-corrected chi connectivity index (χ0v) is 20.7. The minimum Gasteiger partial charge on any atom is -0.457 e. The Balaban J connectivity index is 1.60. The summed E-state index contributed by atoms with van der Waals surface area (Å²) in [5, 5.41) is 1.15. The molecule has 1 aromatic heterocycles. The van der Waals surface area contributed by atoms with Crippen LogP contribution in [-0.2, 0) is 4.79 Å². The number of carbonyl (C=O) groups excluding carboxylic acids is 1. The van der Waals surface area contributed by atoms with Crippen LogP contribution in [-0.4, -0.2) is 23.0 Å². The van der Waals surface area contributed by atoms with Gasteiger partial charge >= 0.3 is 0 Å². The van der Waals surface area contributed by atoms with Crippen LogP contribution in [0.4, 0.5) is 5.69 Å². The Morgan fingerprint density at radius 1 is 1.10 bits per heavy atom. The smallest absolute Gasteiger partial charge is 0.266 e. The molecule has 0 bridgehead atoms. The minimum absolute atomic E-state index is 0.128. The predicted octanol–water partition coefficient (Wildman–Crippen LogP) is 7.67. The number of thioether (sulfide) groups is 1. The second-order valence-electron chi connectivity index (χ2n) is 6.65. The van der Waals surface area contributed by atoms with Crippen LogP contribution in [0.1, 0.15) is 11.3 Å². The lowest BCUT2D eigenvalue weighted by Gasteiger charge is -2.07. The van der Waals surface area contributed by atoms with Gasteiger partial charge in [0, 0.05) is 27.6 Å². The van der Waals surface area contributed by atoms with Crippen molar-refractivity contribution in [3.8, 4) is 11.3 Å². The van der Waals surface area contributed by atoms with E-state index in [1.165, 1.54) is 16.7 Å². The molecule has 3 aromatic rings. The first-order valence-electron chi connectivity index (χ1n) is 8.89. The highest BCUT2D eigenvalue weighted by Crippen LogP contribution is 2.36. The molecule has 0 radical (unpaired) electrons. The van der Waals surface area contributed by atoms with Crippen LogP contribution in [0.15, 0.2) is 71.8 Å². The topological polar surface area (TPSA) is 45.8 Å². The Labute approximate surface area is 200 Å². The second kappa shape index (κ2) is 8.75. The van der Waals surface area contributed by atoms with E-state index in [1.807, 2.05) is 49.4 Å². The van der Waals surface area contributed by atoms with E-state index in [9.17, 15) is 4.79 Å². The molecule has 1 aliphatic rings. The fourth-order valence-electron chi connectivity index (χ4n) is 2.84. The van der Waals surface area contributed by atoms with Crippen molar-refractivity contribution in [3.05, 3.63) is 78.7 Å². The van der Waals surface area contributed by atoms with Crippen LogP contribution in [0.5, 0.6) is 0 Å². The summed E-state index contributed by atoms with van der Waals surface area (Å²) in [4.78, 5) is 19.3. The average molecular weight is 567 g/mol. The third kappa shape index (κ3) is 4.44. The van der Waals surface area contributed by atoms with E-state index in [0.29, 0.717) is 26.5 Å². The lowest BCUT2D eigenvalue weighted by Crippen LogP contribution is -2.23. The molecule has 4 nitrogen and oxygen atoms in total. The SMILES string of the molecule is Cc1ccc(-c2ccc(/C=C3/SC(=Nc4ccc(Br)c(Cl)c4)N(C)C3=O)o2)c(Br)c1. The van der Waals surface area contributed by atoms with Gasteiger partial charge in [-0.25, -0.2) is 4.99 Å². The lowest BCUT2D eigenvalue weighted by molar-refractivity contribution is -0.121. The van der Waals surface area contributed by atoms with Crippen molar-refractivity contribution >= 4 is 78.1 Å². The van der Waals surface area contributed by atoms with E-state index in [2.05, 4.69) is 36.9 Å². The molecule has 0 spiro atoms. The first-order chi connectivity index (χ1) is 14.3. The maximum atomic E-state index is 12.7. The maximum Gasteiger partial charge on any atom is 0.266 e. The van der Waals surface area contributed by atoms with Crippen molar-refractivity contribution < 1.29 is 9.21 Å². The van der Waals surface area contributed by atoms with Gasteiger partial charge in [0.15, 0.2) is 5.17 Å². The molecule has 30 heavy (non-hydrogen) atoms. The summed E-state index contributed by atoms with van der Waals surface area (Å²) in [7, 11) is 1.70. The van der Waals surface area contributed by atoms with E-state index >= 15 is 0 Å². The number of amides is 1. The van der Waals surface area contributed by atoms with Crippen molar-refractivity contribution in [1.82, 2.24) is 4.90 Å². The molecule has 1 aliphatic heterocycles. The summed E-state index contributed by atoms with van der Waals surface area (Å²) in [6.07, 6.45) is 1.74. The van der Waals surface area contributed by atoms with Crippen molar-refractivity contribution in [2.75, 3.05) is 7.05 Å². The zero-order valence-electron chi connectivity index (χ0n) is 15.9. The standard InChI is InChI=1S/C22H15Br2ClN2O2S/c1-12-3-6-15(17(24)9-12)19-8-5-14(29-19)11-20-21(28)27(2)22(30-20)26-13-4-7-16(23)18(25)10-13/h3-11H,1-2H3/b20-11+,26-22?. The summed E-state index contributed by atoms with van der Waals surface area (Å²) in [6, 6.07) is 15.2. The third-order valence-corrected chi connectivity index (χ3v) is 7.37. The number of hydrogen-bond acceptors (Lipinski definition) is 4. The van der Waals surface area contributed by atoms with E-state index < -0.39 is 0 Å². The highest BCUT2D eigenvalue weighted by molar-refractivity contribution is 9.11. The van der Waals surface area contributed by atoms with Crippen LogP contribution in [0.3, 0.4) is 0 Å². The summed E-state index contributed by atoms with van der Waals surface area (Å²) in [5.74, 6) is 1.21. The Morgan fingerprint density at radius 3 is 2.63 bits per heavy atom. The summed E-state index contributed by atoms with van der Waals surface area (Å²) in [6.45, 7) is 2.04. The normalized spacial score (nSPS) is 16.8. The minimum atomic E-state index is -0.128. The van der Waals surface area contributed by atoms with E-state index in [0.717, 1.165) is 25.8 Å². The molecule has 1 fully saturated rings. The van der Waals surface area contributed by atoms with E-state index in [4.69, 9.17) is 16.0 Å². The molecule has 152 valence electrons. The number of aryl methyl sites for hydroxylation is 1. The first kappa shape index (κ1) is 21.4. The van der Waals surface area contributed by atoms with Crippen molar-refractivity contribution in [1.29, 1.82) is 0 Å². The van der Waals surface area contributed by atoms with Gasteiger partial charge in [0.2, 0.25) is 0 Å². The molecular formula is C22H15Br2ClN2O2S. The second-order valence-corrected chi connectivity index (χ2v) is 9.78. The number of aliphatic imine (C=N–C) groups is 1. The Kier molecular flexibility index (Phi) is 6.25. The lowest BCUT2D eigenvalue weighted by atomic mass is 10.1. The Bertz CT molecular complexity index is 1220. The van der Waals surface area contributed by atoms with Crippen LogP contribution < -0.4 is 0 Å². The molecule has 8 heteroatoms. The highest BCUT2D eigenvalue weighted by atomic mass is 79.9. The molecule has 4 rings (SSSR count). The predicted molar refractivity (Wildman–Crippen MR) is 131 cm³/mol. The van der Waals surface area contributed by atoms with Crippen molar-refractivity contribution in [2.24, 2.45) is 4.99 Å². The van der Waals surface area contributed by atoms with Gasteiger partial charge in [0.25, 0.3) is 5.91 Å². The molecule has 0 aliphatic carbocycles. The molecule has 1 saturated heterocycles. The monoisotopic (exact) mass is 564 g/mol. The fourth-order valence-corrected chi connectivity index (χ4v) is 4.92. The highest BCUT2D eigenvalue weighted by Gasteiger charge is 2.30. The van der Waals surface area contributed by atoms with Gasteiger partial charge in [-0.15, -0.1) is 0 Å². The summed E-state index contributed by atoms with van der Waals surface area (Å²) < 4.78 is 7.73. The molecule has 0 saturated carbocycles. The number of likely N-dealkylation sites (N-methyl/N-ethyl adjacent to an activating group) is 1. The van der Waals surface area contributed by atoms with Crippen LogP contribution in [0, 0.1) is 6.92 Å². The number of furan rings is 1. The molecule has 2 heterocycles. The molecule has 1 amide bonds. The largest absolute Gasteiger partial charge is 0.457 e. The Hall–Kier alpha value is -1.80. The molecule has 0 unspecified atom stereocenters. The van der Waals surface area contributed by atoms with Crippen LogP contribution >= 0.6 is 55.2 Å². The van der Waals surface area contributed by atoms with E-state index in [1.54, 1.807) is 19.2 Å². The van der Waals surface area contributed by atoms with Gasteiger partial charge in [-0.1, -0.05) is 33.6 Å². The Morgan fingerprint density at radius 2 is 1.90 bits per heavy atom. The average Bonchev–Trinajstić information content (AvgIpc) is 3.26. The van der Waals surface area contributed by atoms with Crippen LogP contribution in [0.2, 0.25) is 5.02 Å². The van der Waals surface area contributed by atoms with Gasteiger partial charge in [0.1, 0.15) is 11.5 Å². The number of halogens is 3. The number of benzene rings is 2. The third-order valence-electron chi connectivity index (χ3n) is 4.42. The maximum absolute atomic E-state index is 12.7. The van der Waals surface area contributed by atoms with Crippen molar-refractivity contribution in [3.63, 3.8) is 0 Å². The number of rotatable bonds is 3. The van der Waals surface area contributed by atoms with Gasteiger partial charge < -0.3 is 4.42 Å². The van der Waals surface area contributed by atoms with Gasteiger partial charge in [0.05, 0.1) is 15.6 Å². The van der Waals surface area contributed by atoms with Crippen LogP contribution in [0.25, 0.3) is 17.4 Å². The molecule has 0 atom stereocenters. The quantitative estimate of drug-likeness (QED) is 0.306. The molecular weight excluding hydrogens is 552 g/mol.